The second kappa shape index (κ2) is 8.84. The van der Waals surface area contributed by atoms with Crippen molar-refractivity contribution < 1.29 is 0 Å². The molecule has 0 amide bonds. The summed E-state index contributed by atoms with van der Waals surface area (Å²) >= 11 is 7.98. The Balaban J connectivity index is 2.34. The quantitative estimate of drug-likeness (QED) is 0.548. The standard InChI is InChI=1S/C14H22ClNS/c1-3-4-5-8-12(16-2)11-17-14-10-7-6-9-13(14)15/h6-7,9-10,12,16H,3-5,8,11H2,1-2H3. The molecule has 0 saturated heterocycles. The van der Waals surface area contributed by atoms with Gasteiger partial charge in [-0.15, -0.1) is 11.8 Å². The van der Waals surface area contributed by atoms with Crippen molar-refractivity contribution >= 4 is 23.4 Å². The van der Waals surface area contributed by atoms with Crippen LogP contribution in [0, 0.1) is 0 Å². The van der Waals surface area contributed by atoms with Crippen LogP contribution < -0.4 is 5.32 Å². The molecule has 1 N–H and O–H groups in total. The highest BCUT2D eigenvalue weighted by atomic mass is 35.5. The molecule has 1 aromatic rings. The van der Waals surface area contributed by atoms with Crippen molar-refractivity contribution in [2.75, 3.05) is 12.8 Å². The third kappa shape index (κ3) is 5.80. The summed E-state index contributed by atoms with van der Waals surface area (Å²) in [7, 11) is 2.05. The van der Waals surface area contributed by atoms with Crippen LogP contribution in [0.2, 0.25) is 5.02 Å². The van der Waals surface area contributed by atoms with Gasteiger partial charge in [0.05, 0.1) is 5.02 Å². The smallest absolute Gasteiger partial charge is 0.0541 e. The van der Waals surface area contributed by atoms with Crippen LogP contribution in [-0.2, 0) is 0 Å². The number of nitrogens with one attached hydrogen (secondary N) is 1. The van der Waals surface area contributed by atoms with Gasteiger partial charge < -0.3 is 5.32 Å². The first-order valence-electron chi connectivity index (χ1n) is 6.32. The Kier molecular flexibility index (Phi) is 7.74. The van der Waals surface area contributed by atoms with E-state index in [4.69, 9.17) is 11.6 Å². The van der Waals surface area contributed by atoms with Crippen molar-refractivity contribution in [2.24, 2.45) is 0 Å². The van der Waals surface area contributed by atoms with Crippen molar-refractivity contribution in [3.8, 4) is 0 Å². The zero-order valence-corrected chi connectivity index (χ0v) is 12.3. The molecule has 0 spiro atoms. The van der Waals surface area contributed by atoms with E-state index >= 15 is 0 Å². The topological polar surface area (TPSA) is 12.0 Å². The molecule has 0 bridgehead atoms. The lowest BCUT2D eigenvalue weighted by Crippen LogP contribution is -2.27. The lowest BCUT2D eigenvalue weighted by molar-refractivity contribution is 0.531. The predicted molar refractivity (Wildman–Crippen MR) is 79.2 cm³/mol. The van der Waals surface area contributed by atoms with E-state index in [0.29, 0.717) is 6.04 Å². The summed E-state index contributed by atoms with van der Waals surface area (Å²) in [6.07, 6.45) is 5.18. The molecule has 0 radical (unpaired) electrons. The van der Waals surface area contributed by atoms with Crippen molar-refractivity contribution in [2.45, 2.75) is 43.5 Å². The summed E-state index contributed by atoms with van der Waals surface area (Å²) in [5, 5.41) is 4.25. The van der Waals surface area contributed by atoms with Crippen LogP contribution in [0.4, 0.5) is 0 Å². The molecule has 1 aromatic carbocycles. The summed E-state index contributed by atoms with van der Waals surface area (Å²) in [5.41, 5.74) is 0. The second-order valence-electron chi connectivity index (χ2n) is 4.22. The Morgan fingerprint density at radius 1 is 1.29 bits per heavy atom. The van der Waals surface area contributed by atoms with Crippen molar-refractivity contribution in [3.63, 3.8) is 0 Å². The fourth-order valence-electron chi connectivity index (χ4n) is 1.70. The molecule has 17 heavy (non-hydrogen) atoms. The average Bonchev–Trinajstić information content (AvgIpc) is 2.35. The zero-order chi connectivity index (χ0) is 12.5. The maximum Gasteiger partial charge on any atom is 0.0541 e. The number of rotatable bonds is 8. The normalized spacial score (nSPS) is 12.6. The van der Waals surface area contributed by atoms with Gasteiger partial charge in [-0.05, 0) is 25.6 Å². The molecule has 0 aliphatic heterocycles. The lowest BCUT2D eigenvalue weighted by atomic mass is 10.1. The number of unbranched alkanes of at least 4 members (excludes halogenated alkanes) is 2. The Hall–Kier alpha value is -0.180. The maximum absolute atomic E-state index is 6.14. The van der Waals surface area contributed by atoms with E-state index < -0.39 is 0 Å². The molecular formula is C14H22ClNS. The summed E-state index contributed by atoms with van der Waals surface area (Å²) < 4.78 is 0. The monoisotopic (exact) mass is 271 g/mol. The number of benzene rings is 1. The summed E-state index contributed by atoms with van der Waals surface area (Å²) in [5.74, 6) is 1.09. The van der Waals surface area contributed by atoms with Crippen molar-refractivity contribution in [1.29, 1.82) is 0 Å². The molecule has 0 aliphatic carbocycles. The first-order chi connectivity index (χ1) is 8.27. The van der Waals surface area contributed by atoms with Gasteiger partial charge in [-0.1, -0.05) is 49.9 Å². The van der Waals surface area contributed by atoms with Crippen molar-refractivity contribution in [3.05, 3.63) is 29.3 Å². The van der Waals surface area contributed by atoms with Gasteiger partial charge in [0.25, 0.3) is 0 Å². The SMILES string of the molecule is CCCCCC(CSc1ccccc1Cl)NC. The van der Waals surface area contributed by atoms with Crippen LogP contribution in [0.1, 0.15) is 32.6 Å². The minimum Gasteiger partial charge on any atom is -0.316 e. The number of hydrogen-bond donors (Lipinski definition) is 1. The zero-order valence-electron chi connectivity index (χ0n) is 10.7. The Labute approximate surface area is 114 Å². The molecule has 0 fully saturated rings. The molecule has 96 valence electrons. The Bertz CT molecular complexity index is 317. The van der Waals surface area contributed by atoms with E-state index in [-0.39, 0.29) is 0 Å². The third-order valence-electron chi connectivity index (χ3n) is 2.84. The van der Waals surface area contributed by atoms with Gasteiger partial charge in [-0.25, -0.2) is 0 Å². The Morgan fingerprint density at radius 2 is 2.06 bits per heavy atom. The molecule has 0 saturated carbocycles. The van der Waals surface area contributed by atoms with Gasteiger partial charge in [0.2, 0.25) is 0 Å². The second-order valence-corrected chi connectivity index (χ2v) is 5.69. The van der Waals surface area contributed by atoms with E-state index in [1.807, 2.05) is 37.0 Å². The lowest BCUT2D eigenvalue weighted by Gasteiger charge is -2.15. The van der Waals surface area contributed by atoms with Gasteiger partial charge in [-0.2, -0.15) is 0 Å². The van der Waals surface area contributed by atoms with Gasteiger partial charge >= 0.3 is 0 Å². The molecule has 1 atom stereocenters. The molecule has 1 rings (SSSR count). The van der Waals surface area contributed by atoms with Crippen LogP contribution in [0.3, 0.4) is 0 Å². The number of halogens is 1. The van der Waals surface area contributed by atoms with E-state index in [9.17, 15) is 0 Å². The average molecular weight is 272 g/mol. The van der Waals surface area contributed by atoms with E-state index in [0.717, 1.165) is 10.8 Å². The highest BCUT2D eigenvalue weighted by molar-refractivity contribution is 7.99. The highest BCUT2D eigenvalue weighted by Crippen LogP contribution is 2.27. The number of thioether (sulfide) groups is 1. The Morgan fingerprint density at radius 3 is 2.71 bits per heavy atom. The summed E-state index contributed by atoms with van der Waals surface area (Å²) in [6.45, 7) is 2.24. The van der Waals surface area contributed by atoms with Gasteiger partial charge in [0.1, 0.15) is 0 Å². The van der Waals surface area contributed by atoms with Crippen LogP contribution in [0.25, 0.3) is 0 Å². The van der Waals surface area contributed by atoms with Crippen LogP contribution in [-0.4, -0.2) is 18.8 Å². The third-order valence-corrected chi connectivity index (χ3v) is 4.52. The van der Waals surface area contributed by atoms with Crippen molar-refractivity contribution in [1.82, 2.24) is 5.32 Å². The van der Waals surface area contributed by atoms with Crippen LogP contribution in [0.5, 0.6) is 0 Å². The van der Waals surface area contributed by atoms with E-state index in [1.54, 1.807) is 0 Å². The fourth-order valence-corrected chi connectivity index (χ4v) is 3.10. The highest BCUT2D eigenvalue weighted by Gasteiger charge is 2.07. The first kappa shape index (κ1) is 14.9. The first-order valence-corrected chi connectivity index (χ1v) is 7.68. The molecule has 0 heterocycles. The summed E-state index contributed by atoms with van der Waals surface area (Å²) in [4.78, 5) is 1.19. The van der Waals surface area contributed by atoms with E-state index in [1.165, 1.54) is 30.6 Å². The molecule has 0 aliphatic rings. The minimum atomic E-state index is 0.586. The maximum atomic E-state index is 6.14. The molecule has 0 aromatic heterocycles. The fraction of sp³-hybridized carbons (Fsp3) is 0.571. The van der Waals surface area contributed by atoms with E-state index in [2.05, 4.69) is 18.3 Å². The molecule has 1 nitrogen and oxygen atoms in total. The predicted octanol–water partition coefficient (Wildman–Crippen LogP) is 4.60. The van der Waals surface area contributed by atoms with Gasteiger partial charge in [0, 0.05) is 16.7 Å². The largest absolute Gasteiger partial charge is 0.316 e. The minimum absolute atomic E-state index is 0.586. The van der Waals surface area contributed by atoms with Crippen LogP contribution in [0.15, 0.2) is 29.2 Å². The van der Waals surface area contributed by atoms with Crippen LogP contribution >= 0.6 is 23.4 Å². The van der Waals surface area contributed by atoms with Gasteiger partial charge in [0.15, 0.2) is 0 Å². The van der Waals surface area contributed by atoms with Gasteiger partial charge in [-0.3, -0.25) is 0 Å². The molecular weight excluding hydrogens is 250 g/mol. The molecule has 3 heteroatoms. The summed E-state index contributed by atoms with van der Waals surface area (Å²) in [6, 6.07) is 8.65. The molecule has 1 unspecified atom stereocenters. The number of hydrogen-bond acceptors (Lipinski definition) is 2.